The first-order valence-corrected chi connectivity index (χ1v) is 7.84. The highest BCUT2D eigenvalue weighted by molar-refractivity contribution is 6.06. The molecule has 2 heterocycles. The highest BCUT2D eigenvalue weighted by Gasteiger charge is 2.16. The highest BCUT2D eigenvalue weighted by atomic mass is 35.5. The van der Waals surface area contributed by atoms with Crippen LogP contribution in [0.15, 0.2) is 59.0 Å². The molecule has 5 nitrogen and oxygen atoms in total. The topological polar surface area (TPSA) is 60.2 Å². The Morgan fingerprint density at radius 1 is 1.00 bits per heavy atom. The summed E-state index contributed by atoms with van der Waals surface area (Å²) in [6, 6.07) is 17.8. The molecule has 0 aliphatic carbocycles. The SMILES string of the molecule is COCCNc1nc(-c2ccccc2)nc2c1oc1ccccc12.[Cl-]. The van der Waals surface area contributed by atoms with Crippen molar-refractivity contribution in [2.24, 2.45) is 0 Å². The fourth-order valence-electron chi connectivity index (χ4n) is 2.70. The van der Waals surface area contributed by atoms with Gasteiger partial charge in [0.15, 0.2) is 17.2 Å². The molecule has 0 saturated carbocycles. The zero-order valence-corrected chi connectivity index (χ0v) is 14.5. The van der Waals surface area contributed by atoms with Crippen molar-refractivity contribution in [3.05, 3.63) is 54.6 Å². The standard InChI is InChI=1S/C19H17N3O2.ClH/c1-23-12-11-20-19-17-16(14-9-5-6-10-15(14)24-17)21-18(22-19)13-7-3-2-4-8-13;/h2-10H,11-12H2,1H3,(H,20,21,22);1H/p-1. The summed E-state index contributed by atoms with van der Waals surface area (Å²) in [5.41, 5.74) is 3.27. The van der Waals surface area contributed by atoms with Crippen molar-refractivity contribution in [3.8, 4) is 11.4 Å². The molecule has 0 aliphatic heterocycles. The van der Waals surface area contributed by atoms with Gasteiger partial charge in [0.25, 0.3) is 0 Å². The number of hydrogen-bond acceptors (Lipinski definition) is 5. The van der Waals surface area contributed by atoms with E-state index >= 15 is 0 Å². The van der Waals surface area contributed by atoms with E-state index in [-0.39, 0.29) is 12.4 Å². The molecule has 128 valence electrons. The van der Waals surface area contributed by atoms with Gasteiger partial charge in [-0.15, -0.1) is 0 Å². The Morgan fingerprint density at radius 2 is 1.76 bits per heavy atom. The minimum absolute atomic E-state index is 0. The van der Waals surface area contributed by atoms with Gasteiger partial charge in [-0.05, 0) is 12.1 Å². The number of hydrogen-bond donors (Lipinski definition) is 1. The molecule has 0 amide bonds. The fraction of sp³-hybridized carbons (Fsp3) is 0.158. The molecule has 0 unspecified atom stereocenters. The third kappa shape index (κ3) is 3.29. The quantitative estimate of drug-likeness (QED) is 0.544. The largest absolute Gasteiger partial charge is 1.00 e. The van der Waals surface area contributed by atoms with Crippen LogP contribution in [-0.2, 0) is 4.74 Å². The molecule has 2 aromatic heterocycles. The summed E-state index contributed by atoms with van der Waals surface area (Å²) >= 11 is 0. The summed E-state index contributed by atoms with van der Waals surface area (Å²) in [6.45, 7) is 1.24. The van der Waals surface area contributed by atoms with Gasteiger partial charge in [-0.1, -0.05) is 42.5 Å². The van der Waals surface area contributed by atoms with Gasteiger partial charge >= 0.3 is 0 Å². The Balaban J connectivity index is 0.00000182. The molecule has 2 aromatic carbocycles. The Kier molecular flexibility index (Phi) is 5.16. The van der Waals surface area contributed by atoms with Crippen molar-refractivity contribution >= 4 is 27.9 Å². The van der Waals surface area contributed by atoms with E-state index in [2.05, 4.69) is 10.3 Å². The number of aromatic nitrogens is 2. The maximum absolute atomic E-state index is 5.98. The lowest BCUT2D eigenvalue weighted by Gasteiger charge is -2.07. The van der Waals surface area contributed by atoms with Crippen molar-refractivity contribution in [1.82, 2.24) is 9.97 Å². The Labute approximate surface area is 151 Å². The van der Waals surface area contributed by atoms with E-state index in [0.717, 1.165) is 22.0 Å². The van der Waals surface area contributed by atoms with Crippen LogP contribution in [0, 0.1) is 0 Å². The predicted octanol–water partition coefficient (Wildman–Crippen LogP) is 1.11. The highest BCUT2D eigenvalue weighted by Crippen LogP contribution is 2.32. The third-order valence-corrected chi connectivity index (χ3v) is 3.85. The second-order valence-electron chi connectivity index (χ2n) is 5.46. The van der Waals surface area contributed by atoms with Crippen molar-refractivity contribution in [2.75, 3.05) is 25.6 Å². The van der Waals surface area contributed by atoms with E-state index in [9.17, 15) is 0 Å². The number of methoxy groups -OCH3 is 1. The molecule has 0 atom stereocenters. The van der Waals surface area contributed by atoms with Gasteiger partial charge in [0, 0.05) is 24.6 Å². The maximum Gasteiger partial charge on any atom is 0.196 e. The first-order chi connectivity index (χ1) is 11.9. The molecule has 4 aromatic rings. The van der Waals surface area contributed by atoms with Crippen molar-refractivity contribution in [2.45, 2.75) is 0 Å². The minimum Gasteiger partial charge on any atom is -1.00 e. The second kappa shape index (κ2) is 7.51. The monoisotopic (exact) mass is 354 g/mol. The molecule has 0 aliphatic rings. The van der Waals surface area contributed by atoms with Gasteiger partial charge in [0.1, 0.15) is 11.1 Å². The lowest BCUT2D eigenvalue weighted by molar-refractivity contribution is -0.00000562. The van der Waals surface area contributed by atoms with E-state index in [4.69, 9.17) is 14.1 Å². The summed E-state index contributed by atoms with van der Waals surface area (Å²) < 4.78 is 11.1. The van der Waals surface area contributed by atoms with Crippen LogP contribution in [0.2, 0.25) is 0 Å². The third-order valence-electron chi connectivity index (χ3n) is 3.85. The lowest BCUT2D eigenvalue weighted by atomic mass is 10.2. The number of rotatable bonds is 5. The zero-order valence-electron chi connectivity index (χ0n) is 13.7. The Hall–Kier alpha value is -2.63. The summed E-state index contributed by atoms with van der Waals surface area (Å²) in [5.74, 6) is 1.36. The summed E-state index contributed by atoms with van der Waals surface area (Å²) in [7, 11) is 1.67. The number of anilines is 1. The van der Waals surface area contributed by atoms with Crippen LogP contribution >= 0.6 is 0 Å². The van der Waals surface area contributed by atoms with Crippen LogP contribution in [-0.4, -0.2) is 30.2 Å². The van der Waals surface area contributed by atoms with Gasteiger partial charge in [-0.25, -0.2) is 9.97 Å². The molecule has 0 radical (unpaired) electrons. The molecule has 6 heteroatoms. The smallest absolute Gasteiger partial charge is 0.196 e. The van der Waals surface area contributed by atoms with E-state index in [1.807, 2.05) is 54.6 Å². The average Bonchev–Trinajstić information content (AvgIpc) is 3.01. The molecule has 1 N–H and O–H groups in total. The first kappa shape index (κ1) is 17.2. The van der Waals surface area contributed by atoms with E-state index < -0.39 is 0 Å². The molecule has 4 rings (SSSR count). The number of ether oxygens (including phenoxy) is 1. The summed E-state index contributed by atoms with van der Waals surface area (Å²) in [4.78, 5) is 9.41. The van der Waals surface area contributed by atoms with Crippen molar-refractivity contribution in [1.29, 1.82) is 0 Å². The van der Waals surface area contributed by atoms with Crippen LogP contribution < -0.4 is 17.7 Å². The minimum atomic E-state index is 0. The first-order valence-electron chi connectivity index (χ1n) is 7.84. The van der Waals surface area contributed by atoms with Crippen molar-refractivity contribution < 1.29 is 21.6 Å². The zero-order chi connectivity index (χ0) is 16.4. The number of nitrogens with one attached hydrogen (secondary N) is 1. The second-order valence-corrected chi connectivity index (χ2v) is 5.46. The van der Waals surface area contributed by atoms with E-state index in [1.165, 1.54) is 0 Å². The Bertz CT molecular complexity index is 986. The molecule has 0 saturated heterocycles. The molecule has 25 heavy (non-hydrogen) atoms. The summed E-state index contributed by atoms with van der Waals surface area (Å²) in [6.07, 6.45) is 0. The number of fused-ring (bicyclic) bond motifs is 3. The van der Waals surface area contributed by atoms with Crippen LogP contribution in [0.25, 0.3) is 33.5 Å². The van der Waals surface area contributed by atoms with Gasteiger partial charge in [0.05, 0.1) is 6.61 Å². The lowest BCUT2D eigenvalue weighted by Crippen LogP contribution is -3.00. The van der Waals surface area contributed by atoms with Crippen LogP contribution in [0.1, 0.15) is 0 Å². The van der Waals surface area contributed by atoms with Gasteiger partial charge in [0.2, 0.25) is 0 Å². The Morgan fingerprint density at radius 3 is 2.56 bits per heavy atom. The number of para-hydroxylation sites is 1. The maximum atomic E-state index is 5.98. The number of nitrogens with zero attached hydrogens (tertiary/aromatic N) is 2. The number of halogens is 1. The number of furan rings is 1. The van der Waals surface area contributed by atoms with Crippen molar-refractivity contribution in [3.63, 3.8) is 0 Å². The van der Waals surface area contributed by atoms with Gasteiger partial charge in [-0.3, -0.25) is 0 Å². The molecule has 0 spiro atoms. The average molecular weight is 355 g/mol. The van der Waals surface area contributed by atoms with Crippen LogP contribution in [0.3, 0.4) is 0 Å². The van der Waals surface area contributed by atoms with Crippen LogP contribution in [0.4, 0.5) is 5.82 Å². The molecule has 0 fully saturated rings. The van der Waals surface area contributed by atoms with E-state index in [0.29, 0.717) is 30.4 Å². The van der Waals surface area contributed by atoms with E-state index in [1.54, 1.807) is 7.11 Å². The number of benzene rings is 2. The molecular weight excluding hydrogens is 338 g/mol. The fourth-order valence-corrected chi connectivity index (χ4v) is 2.70. The van der Waals surface area contributed by atoms with Crippen LogP contribution in [0.5, 0.6) is 0 Å². The molecule has 0 bridgehead atoms. The van der Waals surface area contributed by atoms with Gasteiger partial charge < -0.3 is 26.9 Å². The summed E-state index contributed by atoms with van der Waals surface area (Å²) in [5, 5.41) is 4.28. The van der Waals surface area contributed by atoms with Gasteiger partial charge in [-0.2, -0.15) is 0 Å². The molecular formula is C19H17ClN3O2-. The predicted molar refractivity (Wildman–Crippen MR) is 95.1 cm³/mol. The normalized spacial score (nSPS) is 10.8.